The predicted molar refractivity (Wildman–Crippen MR) is 362 cm³/mol. The molecule has 10 nitrogen and oxygen atoms in total. The van der Waals surface area contributed by atoms with Crippen molar-refractivity contribution in [3.63, 3.8) is 0 Å². The Hall–Kier alpha value is -8.50. The second kappa shape index (κ2) is 35.3. The summed E-state index contributed by atoms with van der Waals surface area (Å²) < 4.78 is 21.3. The first-order valence-corrected chi connectivity index (χ1v) is 29.9. The molecule has 6 aromatic carbocycles. The van der Waals surface area contributed by atoms with E-state index in [9.17, 15) is 28.8 Å². The minimum Gasteiger partial charge on any atom is -0.496 e. The molecule has 468 valence electrons. The van der Waals surface area contributed by atoms with Gasteiger partial charge in [0, 0.05) is 29.4 Å². The summed E-state index contributed by atoms with van der Waals surface area (Å²) in [5.74, 6) is 4.39. The molecule has 6 aromatic rings. The second-order valence-corrected chi connectivity index (χ2v) is 24.7. The largest absolute Gasteiger partial charge is 0.496 e. The summed E-state index contributed by atoms with van der Waals surface area (Å²) in [6.45, 7) is 30.9. The first-order chi connectivity index (χ1) is 41.3. The Labute approximate surface area is 526 Å². The van der Waals surface area contributed by atoms with Crippen molar-refractivity contribution in [1.29, 1.82) is 0 Å². The number of hydrogen-bond donors (Lipinski definition) is 0. The van der Waals surface area contributed by atoms with Crippen molar-refractivity contribution < 1.29 is 47.7 Å². The number of ether oxygens (including phenoxy) is 4. The number of carbonyl (C=O) groups is 6. The van der Waals surface area contributed by atoms with Gasteiger partial charge in [-0.2, -0.15) is 0 Å². The first kappa shape index (κ1) is 73.8. The quantitative estimate of drug-likeness (QED) is 0.0859. The Kier molecular flexibility index (Phi) is 29.6. The van der Waals surface area contributed by atoms with Gasteiger partial charge in [-0.1, -0.05) is 155 Å². The van der Waals surface area contributed by atoms with E-state index in [1.165, 1.54) is 72.2 Å². The number of hydrogen-bond acceptors (Lipinski definition) is 10. The first-order valence-electron chi connectivity index (χ1n) is 29.9. The molecule has 0 N–H and O–H groups in total. The Morgan fingerprint density at radius 3 is 1.44 bits per heavy atom. The molecule has 2 aliphatic carbocycles. The standard InChI is InChI=1S/C22H24O2.C19H20O2.C17H22O2.C14H18O2.2C3H6O/c1-14-9-15(2)22(16(3)10-14)18-11-17(12-19(23)13-18)20-7-5-6-8-21(20)24-4;1-13-11-14(2)16(15(3)12-13)9-10-18(20)17-7-5-6-8-19(17)21-4;1-17(2,3)13-9-12(10-14(18)11-13)15-7-5-6-8-16(15)19-4;1-14(2,3)13(15)10-9-11-7-5-6-8-12(11)16-4;2*1-3(2)4/h5-10,12,18H,11,13H2,1-4H3;5-12H,1-4H3;5-8,11-12H,9-10H2,1-4H3;5-10H,1-4H3;2*1-2H3/b;10-9+;;10-9+;;. The van der Waals surface area contributed by atoms with Crippen molar-refractivity contribution in [2.75, 3.05) is 28.4 Å². The van der Waals surface area contributed by atoms with Crippen LogP contribution in [-0.2, 0) is 24.0 Å². The van der Waals surface area contributed by atoms with E-state index in [1.54, 1.807) is 64.9 Å². The van der Waals surface area contributed by atoms with E-state index in [0.717, 1.165) is 57.9 Å². The van der Waals surface area contributed by atoms with Gasteiger partial charge in [0.25, 0.3) is 0 Å². The van der Waals surface area contributed by atoms with Gasteiger partial charge in [-0.3, -0.25) is 19.2 Å². The molecule has 8 rings (SSSR count). The van der Waals surface area contributed by atoms with Gasteiger partial charge in [-0.05, 0) is 205 Å². The highest BCUT2D eigenvalue weighted by Gasteiger charge is 2.30. The molecule has 10 heteroatoms. The molecule has 0 spiro atoms. The summed E-state index contributed by atoms with van der Waals surface area (Å²) in [5, 5.41) is 0. The van der Waals surface area contributed by atoms with Crippen LogP contribution in [0.5, 0.6) is 23.0 Å². The van der Waals surface area contributed by atoms with Crippen molar-refractivity contribution in [1.82, 2.24) is 0 Å². The highest BCUT2D eigenvalue weighted by molar-refractivity contribution is 6.08. The molecule has 0 saturated carbocycles. The van der Waals surface area contributed by atoms with E-state index in [2.05, 4.69) is 92.6 Å². The third-order valence-electron chi connectivity index (χ3n) is 14.4. The maximum absolute atomic E-state index is 12.4. The van der Waals surface area contributed by atoms with Gasteiger partial charge >= 0.3 is 0 Å². The molecule has 0 aliphatic heterocycles. The highest BCUT2D eigenvalue weighted by Crippen LogP contribution is 2.43. The van der Waals surface area contributed by atoms with E-state index in [1.807, 2.05) is 112 Å². The fraction of sp³-hybridized carbons (Fsp3) is 0.359. The van der Waals surface area contributed by atoms with Gasteiger partial charge in [-0.25, -0.2) is 0 Å². The molecule has 0 saturated heterocycles. The highest BCUT2D eigenvalue weighted by atomic mass is 16.5. The molecule has 2 unspecified atom stereocenters. The molecule has 0 radical (unpaired) electrons. The van der Waals surface area contributed by atoms with Crippen LogP contribution in [0, 0.1) is 52.4 Å². The third-order valence-corrected chi connectivity index (χ3v) is 14.4. The molecule has 0 bridgehead atoms. The molecule has 0 amide bonds. The zero-order valence-corrected chi connectivity index (χ0v) is 56.1. The lowest BCUT2D eigenvalue weighted by Crippen LogP contribution is -2.20. The van der Waals surface area contributed by atoms with Crippen LogP contribution in [0.1, 0.15) is 178 Å². The third kappa shape index (κ3) is 24.0. The Bertz CT molecular complexity index is 3430. The monoisotopic (exact) mass is 1190 g/mol. The van der Waals surface area contributed by atoms with Crippen molar-refractivity contribution >= 4 is 52.4 Å². The fourth-order valence-corrected chi connectivity index (χ4v) is 10.4. The number of allylic oxidation sites excluding steroid dienone is 6. The van der Waals surface area contributed by atoms with Gasteiger partial charge in [0.1, 0.15) is 34.6 Å². The smallest absolute Gasteiger partial charge is 0.189 e. The van der Waals surface area contributed by atoms with Crippen LogP contribution >= 0.6 is 0 Å². The van der Waals surface area contributed by atoms with Crippen molar-refractivity contribution in [2.45, 2.75) is 148 Å². The topological polar surface area (TPSA) is 139 Å². The summed E-state index contributed by atoms with van der Waals surface area (Å²) in [6.07, 6.45) is 13.5. The number of carbonyl (C=O) groups excluding carboxylic acids is 6. The van der Waals surface area contributed by atoms with Crippen molar-refractivity contribution in [2.24, 2.45) is 10.8 Å². The number of aryl methyl sites for hydroxylation is 6. The van der Waals surface area contributed by atoms with Crippen LogP contribution in [0.2, 0.25) is 0 Å². The van der Waals surface area contributed by atoms with Crippen LogP contribution in [0.15, 0.2) is 151 Å². The van der Waals surface area contributed by atoms with E-state index >= 15 is 0 Å². The lowest BCUT2D eigenvalue weighted by molar-refractivity contribution is -0.121. The number of methoxy groups -OCH3 is 4. The van der Waals surface area contributed by atoms with E-state index in [-0.39, 0.29) is 57.4 Å². The lowest BCUT2D eigenvalue weighted by Gasteiger charge is -2.31. The lowest BCUT2D eigenvalue weighted by atomic mass is 9.74. The summed E-state index contributed by atoms with van der Waals surface area (Å²) >= 11 is 0. The van der Waals surface area contributed by atoms with Crippen LogP contribution in [0.3, 0.4) is 0 Å². The number of benzene rings is 6. The molecular weight excluding hydrogens is 1100 g/mol. The molecule has 0 aromatic heterocycles. The molecule has 88 heavy (non-hydrogen) atoms. The minimum absolute atomic E-state index is 0.0492. The zero-order chi connectivity index (χ0) is 66.1. The van der Waals surface area contributed by atoms with Crippen molar-refractivity contribution in [3.05, 3.63) is 218 Å². The van der Waals surface area contributed by atoms with Gasteiger partial charge in [0.2, 0.25) is 0 Å². The zero-order valence-electron chi connectivity index (χ0n) is 56.1. The molecule has 2 atom stereocenters. The van der Waals surface area contributed by atoms with Crippen LogP contribution in [0.4, 0.5) is 0 Å². The van der Waals surface area contributed by atoms with Crippen LogP contribution in [0.25, 0.3) is 17.7 Å². The predicted octanol–water partition coefficient (Wildman–Crippen LogP) is 18.3. The molecular formula is C78H96O10. The van der Waals surface area contributed by atoms with Crippen LogP contribution in [-0.4, -0.2) is 63.1 Å². The SMILES string of the molecule is CC(C)=O.CC(C)=O.COc1ccccc1/C=C/C(=O)C(C)(C)C.COc1ccccc1C(=O)/C=C/c1c(C)cc(C)cc1C.COc1ccccc1C1=CC(=O)CC(c2c(C)cc(C)cc2C)C1.COc1ccccc1C1CC(=O)C=C(C(C)(C)C)C1. The summed E-state index contributed by atoms with van der Waals surface area (Å²) in [4.78, 5) is 67.3. The molecule has 0 heterocycles. The fourth-order valence-electron chi connectivity index (χ4n) is 10.4. The summed E-state index contributed by atoms with van der Waals surface area (Å²) in [5.41, 5.74) is 15.6. The average molecular weight is 1190 g/mol. The number of Topliss-reactive ketones (excluding diaryl/α,β-unsaturated/α-hetero) is 2. The van der Waals surface area contributed by atoms with Crippen LogP contribution < -0.4 is 18.9 Å². The summed E-state index contributed by atoms with van der Waals surface area (Å²) in [7, 11) is 6.56. The molecule has 0 fully saturated rings. The number of rotatable bonds is 12. The number of para-hydroxylation sites is 4. The Balaban J connectivity index is 0.000000297. The minimum atomic E-state index is -0.335. The maximum Gasteiger partial charge on any atom is 0.189 e. The Morgan fingerprint density at radius 1 is 0.477 bits per heavy atom. The van der Waals surface area contributed by atoms with Gasteiger partial charge in [-0.15, -0.1) is 0 Å². The van der Waals surface area contributed by atoms with Gasteiger partial charge in [0.05, 0.1) is 34.0 Å². The van der Waals surface area contributed by atoms with E-state index < -0.39 is 0 Å². The van der Waals surface area contributed by atoms with Crippen molar-refractivity contribution in [3.8, 4) is 23.0 Å². The molecule has 2 aliphatic rings. The van der Waals surface area contributed by atoms with Gasteiger partial charge in [0.15, 0.2) is 23.1 Å². The van der Waals surface area contributed by atoms with E-state index in [4.69, 9.17) is 18.9 Å². The summed E-state index contributed by atoms with van der Waals surface area (Å²) in [6, 6.07) is 39.5. The maximum atomic E-state index is 12.4. The van der Waals surface area contributed by atoms with Gasteiger partial charge < -0.3 is 28.5 Å². The Morgan fingerprint density at radius 2 is 0.920 bits per heavy atom. The van der Waals surface area contributed by atoms with E-state index in [0.29, 0.717) is 24.2 Å². The average Bonchev–Trinajstić information content (AvgIpc) is 3.35. The second-order valence-electron chi connectivity index (χ2n) is 24.7. The number of ketones is 6. The normalized spacial score (nSPS) is 14.5.